The Morgan fingerprint density at radius 3 is 2.73 bits per heavy atom. The van der Waals surface area contributed by atoms with Gasteiger partial charge in [0.05, 0.1) is 4.92 Å². The van der Waals surface area contributed by atoms with Gasteiger partial charge in [0.2, 0.25) is 0 Å². The van der Waals surface area contributed by atoms with Gasteiger partial charge in [-0.2, -0.15) is 0 Å². The lowest BCUT2D eigenvalue weighted by Crippen LogP contribution is -2.26. The molecule has 0 spiro atoms. The van der Waals surface area contributed by atoms with E-state index >= 15 is 0 Å². The highest BCUT2D eigenvalue weighted by atomic mass is 35.5. The van der Waals surface area contributed by atoms with Gasteiger partial charge in [-0.15, -0.1) is 0 Å². The third kappa shape index (κ3) is 4.02. The summed E-state index contributed by atoms with van der Waals surface area (Å²) >= 11 is 5.69. The summed E-state index contributed by atoms with van der Waals surface area (Å²) in [4.78, 5) is 22.3. The third-order valence-corrected chi connectivity index (χ3v) is 3.22. The summed E-state index contributed by atoms with van der Waals surface area (Å²) in [7, 11) is 0. The fourth-order valence-electron chi connectivity index (χ4n) is 1.96. The molecule has 1 N–H and O–H groups in total. The summed E-state index contributed by atoms with van der Waals surface area (Å²) in [5.74, 6) is -0.920. The van der Waals surface area contributed by atoms with Crippen molar-refractivity contribution >= 4 is 23.2 Å². The van der Waals surface area contributed by atoms with Gasteiger partial charge in [0, 0.05) is 17.6 Å². The van der Waals surface area contributed by atoms with Crippen molar-refractivity contribution < 1.29 is 14.1 Å². The first kappa shape index (κ1) is 15.9. The van der Waals surface area contributed by atoms with Crippen LogP contribution in [0.4, 0.5) is 10.1 Å². The van der Waals surface area contributed by atoms with Crippen LogP contribution in [-0.2, 0) is 6.42 Å². The zero-order chi connectivity index (χ0) is 16.1. The Bertz CT molecular complexity index is 722. The molecule has 5 nitrogen and oxygen atoms in total. The van der Waals surface area contributed by atoms with Crippen molar-refractivity contribution in [1.29, 1.82) is 0 Å². The van der Waals surface area contributed by atoms with Gasteiger partial charge >= 0.3 is 0 Å². The van der Waals surface area contributed by atoms with Crippen LogP contribution in [0.25, 0.3) is 0 Å². The van der Waals surface area contributed by atoms with Crippen molar-refractivity contribution in [2.24, 2.45) is 0 Å². The van der Waals surface area contributed by atoms with E-state index in [1.165, 1.54) is 24.3 Å². The number of amides is 1. The van der Waals surface area contributed by atoms with E-state index in [9.17, 15) is 19.3 Å². The number of hydrogen-bond acceptors (Lipinski definition) is 3. The number of hydrogen-bond donors (Lipinski definition) is 1. The maximum absolute atomic E-state index is 13.0. The zero-order valence-electron chi connectivity index (χ0n) is 11.4. The molecule has 0 aliphatic rings. The Labute approximate surface area is 130 Å². The first-order chi connectivity index (χ1) is 10.5. The van der Waals surface area contributed by atoms with Gasteiger partial charge in [-0.3, -0.25) is 14.9 Å². The van der Waals surface area contributed by atoms with Crippen LogP contribution >= 0.6 is 11.6 Å². The van der Waals surface area contributed by atoms with Crippen molar-refractivity contribution in [3.05, 3.63) is 74.5 Å². The molecule has 7 heteroatoms. The summed E-state index contributed by atoms with van der Waals surface area (Å²) < 4.78 is 13.0. The molecular weight excluding hydrogens is 311 g/mol. The number of carbonyl (C=O) groups excluding carboxylic acids is 1. The smallest absolute Gasteiger partial charge is 0.283 e. The fraction of sp³-hybridized carbons (Fsp3) is 0.133. The van der Waals surface area contributed by atoms with Crippen LogP contribution in [0.5, 0.6) is 0 Å². The van der Waals surface area contributed by atoms with E-state index in [-0.39, 0.29) is 28.6 Å². The molecule has 0 bridgehead atoms. The van der Waals surface area contributed by atoms with Crippen molar-refractivity contribution in [3.8, 4) is 0 Å². The Hall–Kier alpha value is -2.47. The van der Waals surface area contributed by atoms with E-state index in [0.29, 0.717) is 6.42 Å². The molecular formula is C15H12ClFN2O3. The average molecular weight is 323 g/mol. The minimum atomic E-state index is -0.659. The third-order valence-electron chi connectivity index (χ3n) is 2.99. The van der Waals surface area contributed by atoms with Crippen LogP contribution in [0.15, 0.2) is 42.5 Å². The molecule has 2 aromatic carbocycles. The molecule has 2 rings (SSSR count). The molecule has 0 atom stereocenters. The van der Waals surface area contributed by atoms with E-state index in [4.69, 9.17) is 11.6 Å². The summed E-state index contributed by atoms with van der Waals surface area (Å²) in [5, 5.41) is 13.7. The van der Waals surface area contributed by atoms with E-state index in [0.717, 1.165) is 11.6 Å². The van der Waals surface area contributed by atoms with Gasteiger partial charge in [-0.25, -0.2) is 4.39 Å². The molecule has 0 saturated carbocycles. The number of nitro groups is 1. The summed E-state index contributed by atoms with van der Waals surface area (Å²) in [6.45, 7) is 0.238. The second-order valence-electron chi connectivity index (χ2n) is 4.55. The molecule has 0 aromatic heterocycles. The lowest BCUT2D eigenvalue weighted by Gasteiger charge is -2.06. The minimum absolute atomic E-state index is 0.0614. The van der Waals surface area contributed by atoms with E-state index < -0.39 is 10.8 Å². The molecule has 0 aliphatic heterocycles. The SMILES string of the molecule is O=C(NCCc1cccc(F)c1)c1ccc(Cl)cc1[N+](=O)[O-]. The molecule has 114 valence electrons. The van der Waals surface area contributed by atoms with Crippen molar-refractivity contribution in [2.45, 2.75) is 6.42 Å². The standard InChI is InChI=1S/C15H12ClFN2O3/c16-11-4-5-13(14(9-11)19(21)22)15(20)18-7-6-10-2-1-3-12(17)8-10/h1-5,8-9H,6-7H2,(H,18,20). The topological polar surface area (TPSA) is 72.2 Å². The predicted octanol–water partition coefficient (Wildman–Crippen LogP) is 3.36. The van der Waals surface area contributed by atoms with Crippen molar-refractivity contribution in [3.63, 3.8) is 0 Å². The summed E-state index contributed by atoms with van der Waals surface area (Å²) in [6.07, 6.45) is 0.422. The van der Waals surface area contributed by atoms with Crippen LogP contribution in [0.3, 0.4) is 0 Å². The highest BCUT2D eigenvalue weighted by Gasteiger charge is 2.20. The lowest BCUT2D eigenvalue weighted by molar-refractivity contribution is -0.385. The van der Waals surface area contributed by atoms with Crippen LogP contribution in [-0.4, -0.2) is 17.4 Å². The Kier molecular flexibility index (Phi) is 5.06. The molecule has 0 heterocycles. The number of rotatable bonds is 5. The first-order valence-electron chi connectivity index (χ1n) is 6.44. The van der Waals surface area contributed by atoms with E-state index in [1.54, 1.807) is 12.1 Å². The first-order valence-corrected chi connectivity index (χ1v) is 6.82. The maximum Gasteiger partial charge on any atom is 0.283 e. The highest BCUT2D eigenvalue weighted by molar-refractivity contribution is 6.31. The van der Waals surface area contributed by atoms with Gasteiger partial charge in [0.25, 0.3) is 11.6 Å². The monoisotopic (exact) mass is 322 g/mol. The largest absolute Gasteiger partial charge is 0.351 e. The fourth-order valence-corrected chi connectivity index (χ4v) is 2.12. The molecule has 0 saturated heterocycles. The van der Waals surface area contributed by atoms with Crippen LogP contribution < -0.4 is 5.32 Å². The molecule has 22 heavy (non-hydrogen) atoms. The molecule has 0 fully saturated rings. The van der Waals surface area contributed by atoms with Gasteiger partial charge in [-0.1, -0.05) is 23.7 Å². The van der Waals surface area contributed by atoms with E-state index in [2.05, 4.69) is 5.32 Å². The predicted molar refractivity (Wildman–Crippen MR) is 80.5 cm³/mol. The molecule has 0 radical (unpaired) electrons. The number of nitrogens with zero attached hydrogens (tertiary/aromatic N) is 1. The number of nitrogens with one attached hydrogen (secondary N) is 1. The van der Waals surface area contributed by atoms with E-state index in [1.807, 2.05) is 0 Å². The molecule has 0 unspecified atom stereocenters. The van der Waals surface area contributed by atoms with Crippen molar-refractivity contribution in [2.75, 3.05) is 6.54 Å². The lowest BCUT2D eigenvalue weighted by atomic mass is 10.1. The highest BCUT2D eigenvalue weighted by Crippen LogP contribution is 2.23. The summed E-state index contributed by atoms with van der Waals surface area (Å²) in [6, 6.07) is 9.86. The number of halogens is 2. The second-order valence-corrected chi connectivity index (χ2v) is 4.99. The summed E-state index contributed by atoms with van der Waals surface area (Å²) in [5.41, 5.74) is 0.315. The van der Waals surface area contributed by atoms with Crippen molar-refractivity contribution in [1.82, 2.24) is 5.32 Å². The van der Waals surface area contributed by atoms with Crippen LogP contribution in [0.1, 0.15) is 15.9 Å². The molecule has 2 aromatic rings. The van der Waals surface area contributed by atoms with Gasteiger partial charge < -0.3 is 5.32 Å². The maximum atomic E-state index is 13.0. The second kappa shape index (κ2) is 7.00. The van der Waals surface area contributed by atoms with Gasteiger partial charge in [-0.05, 0) is 36.2 Å². The quantitative estimate of drug-likeness (QED) is 0.677. The number of carbonyl (C=O) groups is 1. The van der Waals surface area contributed by atoms with Gasteiger partial charge in [0.1, 0.15) is 11.4 Å². The molecule has 0 aliphatic carbocycles. The van der Waals surface area contributed by atoms with Gasteiger partial charge in [0.15, 0.2) is 0 Å². The normalized spacial score (nSPS) is 10.3. The number of benzene rings is 2. The van der Waals surface area contributed by atoms with Crippen LogP contribution in [0.2, 0.25) is 5.02 Å². The Balaban J connectivity index is 2.02. The van der Waals surface area contributed by atoms with Crippen LogP contribution in [0, 0.1) is 15.9 Å². The zero-order valence-corrected chi connectivity index (χ0v) is 12.1. The average Bonchev–Trinajstić information content (AvgIpc) is 2.47. The minimum Gasteiger partial charge on any atom is -0.351 e. The number of nitro benzene ring substituents is 1. The molecule has 1 amide bonds. The Morgan fingerprint density at radius 2 is 2.05 bits per heavy atom. The Morgan fingerprint density at radius 1 is 1.27 bits per heavy atom.